The Morgan fingerprint density at radius 1 is 1.21 bits per heavy atom. The molecule has 0 aliphatic carbocycles. The standard InChI is InChI=1S/C23H27N5O/c1-17-15-25-27(2)22(17)26-23(29)19-9-7-8-18(14-19)16-28-13-6-4-11-21(28)20-10-3-5-12-24-20/h3,5,7-10,12,14-15,21H,4,6,11,13,16H2,1-2H3,(H,26,29). The van der Waals surface area contributed by atoms with Gasteiger partial charge < -0.3 is 5.32 Å². The Labute approximate surface area is 171 Å². The summed E-state index contributed by atoms with van der Waals surface area (Å²) in [5.41, 5.74) is 3.88. The van der Waals surface area contributed by atoms with Gasteiger partial charge in [0.05, 0.1) is 17.9 Å². The maximum Gasteiger partial charge on any atom is 0.256 e. The number of pyridine rings is 1. The highest BCUT2D eigenvalue weighted by molar-refractivity contribution is 6.04. The Kier molecular flexibility index (Phi) is 5.71. The van der Waals surface area contributed by atoms with Gasteiger partial charge in [-0.2, -0.15) is 5.10 Å². The number of likely N-dealkylation sites (tertiary alicyclic amines) is 1. The molecule has 6 heteroatoms. The molecular formula is C23H27N5O. The highest BCUT2D eigenvalue weighted by atomic mass is 16.1. The molecule has 2 aromatic heterocycles. The van der Waals surface area contributed by atoms with E-state index in [0.717, 1.165) is 42.1 Å². The predicted octanol–water partition coefficient (Wildman–Crippen LogP) is 4.10. The number of amides is 1. The molecule has 6 nitrogen and oxygen atoms in total. The maximum atomic E-state index is 12.8. The molecule has 0 radical (unpaired) electrons. The number of benzene rings is 1. The van der Waals surface area contributed by atoms with E-state index in [4.69, 9.17) is 0 Å². The van der Waals surface area contributed by atoms with Gasteiger partial charge in [-0.05, 0) is 56.1 Å². The first kappa shape index (κ1) is 19.3. The van der Waals surface area contributed by atoms with Crippen LogP contribution in [-0.2, 0) is 13.6 Å². The summed E-state index contributed by atoms with van der Waals surface area (Å²) >= 11 is 0. The zero-order valence-electron chi connectivity index (χ0n) is 17.0. The number of carbonyl (C=O) groups excluding carboxylic acids is 1. The van der Waals surface area contributed by atoms with Crippen molar-refractivity contribution in [3.05, 3.63) is 77.2 Å². The molecule has 3 heterocycles. The van der Waals surface area contributed by atoms with E-state index in [1.54, 1.807) is 10.9 Å². The Morgan fingerprint density at radius 2 is 2.10 bits per heavy atom. The monoisotopic (exact) mass is 389 g/mol. The van der Waals surface area contributed by atoms with E-state index in [-0.39, 0.29) is 5.91 Å². The van der Waals surface area contributed by atoms with Crippen molar-refractivity contribution < 1.29 is 4.79 Å². The van der Waals surface area contributed by atoms with Gasteiger partial charge in [0.1, 0.15) is 5.82 Å². The van der Waals surface area contributed by atoms with Crippen LogP contribution in [0, 0.1) is 6.92 Å². The van der Waals surface area contributed by atoms with E-state index in [1.807, 2.05) is 44.4 Å². The van der Waals surface area contributed by atoms with E-state index < -0.39 is 0 Å². The fraction of sp³-hybridized carbons (Fsp3) is 0.348. The minimum Gasteiger partial charge on any atom is -0.307 e. The molecule has 0 saturated carbocycles. The van der Waals surface area contributed by atoms with Gasteiger partial charge in [-0.25, -0.2) is 0 Å². The SMILES string of the molecule is Cc1cnn(C)c1NC(=O)c1cccc(CN2CCCCC2c2ccccn2)c1. The fourth-order valence-electron chi connectivity index (χ4n) is 4.04. The van der Waals surface area contributed by atoms with Crippen LogP contribution in [0.3, 0.4) is 0 Å². The summed E-state index contributed by atoms with van der Waals surface area (Å²) in [6.07, 6.45) is 7.16. The molecule has 1 aliphatic rings. The van der Waals surface area contributed by atoms with E-state index in [2.05, 4.69) is 38.5 Å². The first-order valence-corrected chi connectivity index (χ1v) is 10.2. The minimum absolute atomic E-state index is 0.113. The highest BCUT2D eigenvalue weighted by Crippen LogP contribution is 2.31. The predicted molar refractivity (Wildman–Crippen MR) is 114 cm³/mol. The van der Waals surface area contributed by atoms with Gasteiger partial charge in [-0.15, -0.1) is 0 Å². The Morgan fingerprint density at radius 3 is 2.86 bits per heavy atom. The second kappa shape index (κ2) is 8.57. The number of nitrogens with zero attached hydrogens (tertiary/aromatic N) is 4. The normalized spacial score (nSPS) is 17.2. The molecule has 0 bridgehead atoms. The average molecular weight is 390 g/mol. The minimum atomic E-state index is -0.113. The van der Waals surface area contributed by atoms with E-state index in [9.17, 15) is 4.79 Å². The quantitative estimate of drug-likeness (QED) is 0.713. The van der Waals surface area contributed by atoms with Crippen LogP contribution in [0.4, 0.5) is 5.82 Å². The van der Waals surface area contributed by atoms with Crippen molar-refractivity contribution in [2.24, 2.45) is 7.05 Å². The summed E-state index contributed by atoms with van der Waals surface area (Å²) in [7, 11) is 1.83. The van der Waals surface area contributed by atoms with Crippen LogP contribution in [0.1, 0.15) is 52.5 Å². The summed E-state index contributed by atoms with van der Waals surface area (Å²) in [4.78, 5) is 19.8. The van der Waals surface area contributed by atoms with E-state index in [1.165, 1.54) is 12.8 Å². The lowest BCUT2D eigenvalue weighted by Crippen LogP contribution is -2.33. The molecule has 150 valence electrons. The molecular weight excluding hydrogens is 362 g/mol. The van der Waals surface area contributed by atoms with E-state index in [0.29, 0.717) is 11.6 Å². The zero-order valence-corrected chi connectivity index (χ0v) is 17.0. The Balaban J connectivity index is 1.50. The molecule has 4 rings (SSSR count). The topological polar surface area (TPSA) is 63.1 Å². The van der Waals surface area contributed by atoms with Crippen LogP contribution >= 0.6 is 0 Å². The van der Waals surface area contributed by atoms with Crippen LogP contribution in [0.5, 0.6) is 0 Å². The molecule has 3 aromatic rings. The summed E-state index contributed by atoms with van der Waals surface area (Å²) in [5.74, 6) is 0.616. The number of aromatic nitrogens is 3. The lowest BCUT2D eigenvalue weighted by molar-refractivity contribution is 0.102. The number of rotatable bonds is 5. The van der Waals surface area contributed by atoms with Gasteiger partial charge in [0.2, 0.25) is 0 Å². The average Bonchev–Trinajstić information content (AvgIpc) is 3.07. The smallest absolute Gasteiger partial charge is 0.256 e. The molecule has 0 spiro atoms. The number of hydrogen-bond donors (Lipinski definition) is 1. The molecule has 1 unspecified atom stereocenters. The number of anilines is 1. The molecule has 1 N–H and O–H groups in total. The van der Waals surface area contributed by atoms with Gasteiger partial charge in [0, 0.05) is 30.9 Å². The second-order valence-electron chi connectivity index (χ2n) is 7.69. The van der Waals surface area contributed by atoms with Gasteiger partial charge in [-0.3, -0.25) is 19.4 Å². The van der Waals surface area contributed by atoms with Gasteiger partial charge in [0.25, 0.3) is 5.91 Å². The third-order valence-corrected chi connectivity index (χ3v) is 5.57. The molecule has 1 atom stereocenters. The lowest BCUT2D eigenvalue weighted by atomic mass is 9.97. The molecule has 1 fully saturated rings. The number of hydrogen-bond acceptors (Lipinski definition) is 4. The van der Waals surface area contributed by atoms with Crippen molar-refractivity contribution in [1.82, 2.24) is 19.7 Å². The van der Waals surface area contributed by atoms with Crippen LogP contribution in [0.2, 0.25) is 0 Å². The highest BCUT2D eigenvalue weighted by Gasteiger charge is 2.25. The van der Waals surface area contributed by atoms with Crippen molar-refractivity contribution in [2.75, 3.05) is 11.9 Å². The van der Waals surface area contributed by atoms with Crippen molar-refractivity contribution >= 4 is 11.7 Å². The van der Waals surface area contributed by atoms with Crippen molar-refractivity contribution in [3.63, 3.8) is 0 Å². The summed E-state index contributed by atoms with van der Waals surface area (Å²) in [6, 6.07) is 14.4. The van der Waals surface area contributed by atoms with Crippen molar-refractivity contribution in [3.8, 4) is 0 Å². The van der Waals surface area contributed by atoms with Crippen LogP contribution in [0.25, 0.3) is 0 Å². The molecule has 1 amide bonds. The van der Waals surface area contributed by atoms with Crippen molar-refractivity contribution in [2.45, 2.75) is 38.8 Å². The molecule has 29 heavy (non-hydrogen) atoms. The summed E-state index contributed by atoms with van der Waals surface area (Å²) in [5, 5.41) is 7.16. The largest absolute Gasteiger partial charge is 0.307 e. The Hall–Kier alpha value is -2.99. The number of piperidine rings is 1. The fourth-order valence-corrected chi connectivity index (χ4v) is 4.04. The van der Waals surface area contributed by atoms with Crippen molar-refractivity contribution in [1.29, 1.82) is 0 Å². The number of carbonyl (C=O) groups is 1. The first-order chi connectivity index (χ1) is 14.1. The van der Waals surface area contributed by atoms with Gasteiger partial charge >= 0.3 is 0 Å². The van der Waals surface area contributed by atoms with E-state index >= 15 is 0 Å². The summed E-state index contributed by atoms with van der Waals surface area (Å²) in [6.45, 7) is 3.80. The van der Waals surface area contributed by atoms with Gasteiger partial charge in [0.15, 0.2) is 0 Å². The first-order valence-electron chi connectivity index (χ1n) is 10.2. The number of aryl methyl sites for hydroxylation is 2. The van der Waals surface area contributed by atoms with Crippen LogP contribution in [0.15, 0.2) is 54.9 Å². The number of nitrogens with one attached hydrogen (secondary N) is 1. The third-order valence-electron chi connectivity index (χ3n) is 5.57. The zero-order chi connectivity index (χ0) is 20.2. The van der Waals surface area contributed by atoms with Crippen LogP contribution in [-0.4, -0.2) is 32.1 Å². The van der Waals surface area contributed by atoms with Gasteiger partial charge in [-0.1, -0.05) is 24.6 Å². The molecule has 1 saturated heterocycles. The molecule has 1 aliphatic heterocycles. The second-order valence-corrected chi connectivity index (χ2v) is 7.69. The maximum absolute atomic E-state index is 12.8. The lowest BCUT2D eigenvalue weighted by Gasteiger charge is -2.35. The Bertz CT molecular complexity index is 962. The summed E-state index contributed by atoms with van der Waals surface area (Å²) < 4.78 is 1.68. The van der Waals surface area contributed by atoms with Crippen LogP contribution < -0.4 is 5.32 Å². The molecule has 1 aromatic carbocycles. The third kappa shape index (κ3) is 4.38.